The molecule has 2 aromatic heterocycles. The second kappa shape index (κ2) is 5.97. The van der Waals surface area contributed by atoms with Crippen molar-refractivity contribution in [3.05, 3.63) is 56.4 Å². The first-order chi connectivity index (χ1) is 11.6. The normalized spacial score (nSPS) is 16.1. The summed E-state index contributed by atoms with van der Waals surface area (Å²) in [5.41, 5.74) is 1.85. The van der Waals surface area contributed by atoms with Crippen molar-refractivity contribution in [2.24, 2.45) is 0 Å². The summed E-state index contributed by atoms with van der Waals surface area (Å²) in [6.45, 7) is 2.00. The molecule has 0 atom stereocenters. The van der Waals surface area contributed by atoms with Gasteiger partial charge in [0.15, 0.2) is 0 Å². The fraction of sp³-hybridized carbons (Fsp3) is 0.353. The first kappa shape index (κ1) is 15.8. The summed E-state index contributed by atoms with van der Waals surface area (Å²) in [5, 5.41) is 8.76. The molecule has 1 aromatic carbocycles. The Morgan fingerprint density at radius 3 is 2.71 bits per heavy atom. The van der Waals surface area contributed by atoms with Gasteiger partial charge in [-0.3, -0.25) is 4.79 Å². The number of nitrogens with one attached hydrogen (secondary N) is 1. The van der Waals surface area contributed by atoms with E-state index in [-0.39, 0.29) is 11.1 Å². The summed E-state index contributed by atoms with van der Waals surface area (Å²) in [5.74, 6) is 0. The molecule has 1 N–H and O–H groups in total. The third kappa shape index (κ3) is 2.65. The van der Waals surface area contributed by atoms with Gasteiger partial charge in [-0.2, -0.15) is 4.52 Å². The van der Waals surface area contributed by atoms with Crippen LogP contribution in [-0.2, 0) is 12.0 Å². The minimum absolute atomic E-state index is 0.0915. The van der Waals surface area contributed by atoms with Crippen molar-refractivity contribution in [3.63, 3.8) is 0 Å². The van der Waals surface area contributed by atoms with Crippen LogP contribution in [0.1, 0.15) is 37.4 Å². The van der Waals surface area contributed by atoms with E-state index in [1.807, 2.05) is 6.92 Å². The summed E-state index contributed by atoms with van der Waals surface area (Å²) in [6, 6.07) is 9.97. The van der Waals surface area contributed by atoms with Crippen LogP contribution in [0.2, 0.25) is 0 Å². The lowest BCUT2D eigenvalue weighted by Gasteiger charge is -2.43. The van der Waals surface area contributed by atoms with Crippen LogP contribution in [0.15, 0.2) is 39.6 Å². The number of rotatable bonds is 4. The molecule has 0 unspecified atom stereocenters. The number of aryl methyl sites for hydroxylation is 1. The Kier molecular flexibility index (Phi) is 3.92. The highest BCUT2D eigenvalue weighted by Gasteiger charge is 2.39. The molecule has 0 spiro atoms. The number of aromatic nitrogens is 3. The maximum atomic E-state index is 12.2. The lowest BCUT2D eigenvalue weighted by Crippen LogP contribution is -2.42. The second-order valence-electron chi connectivity index (χ2n) is 6.11. The zero-order valence-corrected chi connectivity index (χ0v) is 15.7. The molecule has 24 heavy (non-hydrogen) atoms. The highest BCUT2D eigenvalue weighted by molar-refractivity contribution is 9.10. The van der Waals surface area contributed by atoms with Crippen LogP contribution in [0.3, 0.4) is 0 Å². The Labute approximate surface area is 151 Å². The van der Waals surface area contributed by atoms with Crippen LogP contribution < -0.4 is 10.9 Å². The van der Waals surface area contributed by atoms with Gasteiger partial charge in [0.25, 0.3) is 5.56 Å². The minimum atomic E-state index is -0.118. The van der Waals surface area contributed by atoms with E-state index in [9.17, 15) is 4.79 Å². The summed E-state index contributed by atoms with van der Waals surface area (Å²) in [6.07, 6.45) is 4.06. The molecule has 124 valence electrons. The van der Waals surface area contributed by atoms with Crippen LogP contribution in [-0.4, -0.2) is 14.6 Å². The molecule has 1 aliphatic carbocycles. The van der Waals surface area contributed by atoms with Crippen LogP contribution in [0.25, 0.3) is 4.96 Å². The zero-order chi connectivity index (χ0) is 16.7. The van der Waals surface area contributed by atoms with Gasteiger partial charge in [-0.05, 0) is 43.4 Å². The van der Waals surface area contributed by atoms with E-state index in [1.54, 1.807) is 6.07 Å². The third-order valence-electron chi connectivity index (χ3n) is 4.61. The first-order valence-corrected chi connectivity index (χ1v) is 9.65. The first-order valence-electron chi connectivity index (χ1n) is 8.04. The Morgan fingerprint density at radius 2 is 2.08 bits per heavy atom. The standard InChI is InChI=1S/C17H17BrN4OS/c1-2-13-10-14(23)22-16(19-13)24-15(21-22)20-17(8-3-9-17)11-4-6-12(18)7-5-11/h4-7,10H,2-3,8-9H2,1H3,(H,20,21). The molecule has 0 bridgehead atoms. The summed E-state index contributed by atoms with van der Waals surface area (Å²) in [7, 11) is 0. The SMILES string of the molecule is CCc1cc(=O)n2nc(NC3(c4ccc(Br)cc4)CCC3)sc2n1. The molecule has 7 heteroatoms. The van der Waals surface area contributed by atoms with Gasteiger partial charge in [0.2, 0.25) is 10.1 Å². The molecule has 1 aliphatic rings. The van der Waals surface area contributed by atoms with E-state index in [4.69, 9.17) is 0 Å². The van der Waals surface area contributed by atoms with Gasteiger partial charge >= 0.3 is 0 Å². The van der Waals surface area contributed by atoms with E-state index < -0.39 is 0 Å². The Morgan fingerprint density at radius 1 is 1.33 bits per heavy atom. The van der Waals surface area contributed by atoms with Gasteiger partial charge in [0.05, 0.1) is 5.54 Å². The molecule has 0 amide bonds. The van der Waals surface area contributed by atoms with Gasteiger partial charge in [0, 0.05) is 16.2 Å². The van der Waals surface area contributed by atoms with Crippen LogP contribution in [0.5, 0.6) is 0 Å². The Bertz CT molecular complexity index is 943. The molecule has 3 aromatic rings. The monoisotopic (exact) mass is 404 g/mol. The van der Waals surface area contributed by atoms with Crippen LogP contribution in [0.4, 0.5) is 5.13 Å². The van der Waals surface area contributed by atoms with Crippen molar-refractivity contribution in [1.29, 1.82) is 0 Å². The zero-order valence-electron chi connectivity index (χ0n) is 13.3. The summed E-state index contributed by atoms with van der Waals surface area (Å²) in [4.78, 5) is 17.3. The molecule has 5 nitrogen and oxygen atoms in total. The molecule has 2 heterocycles. The molecule has 4 rings (SSSR count). The summed E-state index contributed by atoms with van der Waals surface area (Å²) >= 11 is 4.92. The van der Waals surface area contributed by atoms with E-state index in [1.165, 1.54) is 27.8 Å². The van der Waals surface area contributed by atoms with Gasteiger partial charge in [0.1, 0.15) is 0 Å². The number of nitrogens with zero attached hydrogens (tertiary/aromatic N) is 3. The Hall–Kier alpha value is -1.73. The molecule has 0 aliphatic heterocycles. The summed E-state index contributed by atoms with van der Waals surface area (Å²) < 4.78 is 2.46. The van der Waals surface area contributed by atoms with E-state index >= 15 is 0 Å². The average Bonchev–Trinajstić information content (AvgIpc) is 2.95. The second-order valence-corrected chi connectivity index (χ2v) is 7.98. The van der Waals surface area contributed by atoms with Crippen molar-refractivity contribution < 1.29 is 0 Å². The van der Waals surface area contributed by atoms with Gasteiger partial charge in [-0.1, -0.05) is 46.3 Å². The lowest BCUT2D eigenvalue weighted by molar-refractivity contribution is 0.284. The highest BCUT2D eigenvalue weighted by Crippen LogP contribution is 2.44. The number of anilines is 1. The van der Waals surface area contributed by atoms with Crippen molar-refractivity contribution in [1.82, 2.24) is 14.6 Å². The largest absolute Gasteiger partial charge is 0.351 e. The van der Waals surface area contributed by atoms with Crippen LogP contribution >= 0.6 is 27.3 Å². The van der Waals surface area contributed by atoms with Crippen molar-refractivity contribution in [3.8, 4) is 0 Å². The molecular weight excluding hydrogens is 388 g/mol. The topological polar surface area (TPSA) is 59.3 Å². The molecule has 0 saturated heterocycles. The van der Waals surface area contributed by atoms with Crippen molar-refractivity contribution in [2.45, 2.75) is 38.1 Å². The number of hydrogen-bond acceptors (Lipinski definition) is 5. The molecule has 0 radical (unpaired) electrons. The third-order valence-corrected chi connectivity index (χ3v) is 5.96. The predicted molar refractivity (Wildman–Crippen MR) is 99.8 cm³/mol. The van der Waals surface area contributed by atoms with E-state index in [2.05, 4.69) is 55.6 Å². The number of fused-ring (bicyclic) bond motifs is 1. The molecule has 1 saturated carbocycles. The maximum absolute atomic E-state index is 12.2. The fourth-order valence-corrected chi connectivity index (χ4v) is 4.26. The van der Waals surface area contributed by atoms with E-state index in [0.29, 0.717) is 4.96 Å². The minimum Gasteiger partial charge on any atom is -0.351 e. The van der Waals surface area contributed by atoms with Gasteiger partial charge < -0.3 is 5.32 Å². The molecular formula is C17H17BrN4OS. The van der Waals surface area contributed by atoms with Gasteiger partial charge in [-0.15, -0.1) is 5.10 Å². The Balaban J connectivity index is 1.71. The van der Waals surface area contributed by atoms with Gasteiger partial charge in [-0.25, -0.2) is 4.98 Å². The van der Waals surface area contributed by atoms with E-state index in [0.717, 1.165) is 34.6 Å². The maximum Gasteiger partial charge on any atom is 0.275 e. The fourth-order valence-electron chi connectivity index (χ4n) is 3.08. The smallest absolute Gasteiger partial charge is 0.275 e. The average molecular weight is 405 g/mol. The lowest BCUT2D eigenvalue weighted by atomic mass is 9.72. The van der Waals surface area contributed by atoms with Crippen molar-refractivity contribution >= 4 is 37.4 Å². The quantitative estimate of drug-likeness (QED) is 0.714. The number of hydrogen-bond donors (Lipinski definition) is 1. The number of halogens is 1. The molecule has 1 fully saturated rings. The van der Waals surface area contributed by atoms with Crippen molar-refractivity contribution in [2.75, 3.05) is 5.32 Å². The van der Waals surface area contributed by atoms with Crippen LogP contribution in [0, 0.1) is 0 Å². The predicted octanol–water partition coefficient (Wildman–Crippen LogP) is 3.97. The number of benzene rings is 1. The highest BCUT2D eigenvalue weighted by atomic mass is 79.9.